The summed E-state index contributed by atoms with van der Waals surface area (Å²) in [5.74, 6) is 0.101. The van der Waals surface area contributed by atoms with Gasteiger partial charge in [-0.3, -0.25) is 4.79 Å². The fraction of sp³-hybridized carbons (Fsp3) is 0.0870. The summed E-state index contributed by atoms with van der Waals surface area (Å²) >= 11 is 1.46. The molecule has 8 heteroatoms. The molecule has 0 radical (unpaired) electrons. The number of amides is 1. The van der Waals surface area contributed by atoms with Gasteiger partial charge in [-0.25, -0.2) is 9.78 Å². The van der Waals surface area contributed by atoms with E-state index in [0.717, 1.165) is 16.3 Å². The van der Waals surface area contributed by atoms with E-state index in [1.807, 2.05) is 29.6 Å². The third-order valence-corrected chi connectivity index (χ3v) is 5.29. The number of hydrogen-bond donors (Lipinski definition) is 1. The highest BCUT2D eigenvalue weighted by Crippen LogP contribution is 2.32. The molecule has 0 atom stereocenters. The molecule has 7 nitrogen and oxygen atoms in total. The van der Waals surface area contributed by atoms with E-state index in [1.165, 1.54) is 17.6 Å². The average molecular weight is 434 g/mol. The first-order chi connectivity index (χ1) is 15.1. The topological polar surface area (TPSA) is 90.7 Å². The van der Waals surface area contributed by atoms with Crippen LogP contribution in [0.5, 0.6) is 5.75 Å². The molecule has 0 bridgehead atoms. The maximum absolute atomic E-state index is 12.3. The van der Waals surface area contributed by atoms with Gasteiger partial charge in [0.05, 0.1) is 30.2 Å². The molecule has 4 aromatic rings. The van der Waals surface area contributed by atoms with Gasteiger partial charge < -0.3 is 19.2 Å². The Balaban J connectivity index is 1.35. The molecule has 0 saturated heterocycles. The highest BCUT2D eigenvalue weighted by atomic mass is 32.1. The zero-order valence-corrected chi connectivity index (χ0v) is 17.3. The van der Waals surface area contributed by atoms with E-state index in [9.17, 15) is 9.59 Å². The van der Waals surface area contributed by atoms with Gasteiger partial charge in [0, 0.05) is 11.1 Å². The van der Waals surface area contributed by atoms with Gasteiger partial charge in [-0.15, -0.1) is 11.3 Å². The number of esters is 1. The molecule has 2 aromatic heterocycles. The highest BCUT2D eigenvalue weighted by molar-refractivity contribution is 7.13. The molecule has 0 unspecified atom stereocenters. The highest BCUT2D eigenvalue weighted by Gasteiger charge is 2.13. The summed E-state index contributed by atoms with van der Waals surface area (Å²) in [5, 5.41) is 5.33. The van der Waals surface area contributed by atoms with Crippen molar-refractivity contribution in [1.29, 1.82) is 0 Å². The Bertz CT molecular complexity index is 1180. The van der Waals surface area contributed by atoms with Crippen molar-refractivity contribution in [3.63, 3.8) is 0 Å². The number of carbonyl (C=O) groups excluding carboxylic acids is 2. The van der Waals surface area contributed by atoms with Crippen LogP contribution in [0.2, 0.25) is 0 Å². The van der Waals surface area contributed by atoms with Crippen LogP contribution in [0.1, 0.15) is 26.6 Å². The zero-order chi connectivity index (χ0) is 21.6. The van der Waals surface area contributed by atoms with E-state index in [1.54, 1.807) is 43.5 Å². The Labute approximate surface area is 182 Å². The Morgan fingerprint density at radius 2 is 1.87 bits per heavy atom. The summed E-state index contributed by atoms with van der Waals surface area (Å²) in [5.41, 5.74) is 2.46. The third kappa shape index (κ3) is 4.81. The maximum Gasteiger partial charge on any atom is 0.338 e. The van der Waals surface area contributed by atoms with Crippen LogP contribution in [0.25, 0.3) is 10.6 Å². The number of para-hydroxylation sites is 1. The van der Waals surface area contributed by atoms with Crippen molar-refractivity contribution in [2.24, 2.45) is 0 Å². The molecule has 1 amide bonds. The number of nitrogens with one attached hydrogen (secondary N) is 1. The first-order valence-corrected chi connectivity index (χ1v) is 10.2. The summed E-state index contributed by atoms with van der Waals surface area (Å²) in [7, 11) is 1.61. The van der Waals surface area contributed by atoms with Crippen LogP contribution in [0.3, 0.4) is 0 Å². The van der Waals surface area contributed by atoms with Gasteiger partial charge in [0.1, 0.15) is 17.4 Å². The molecule has 0 aliphatic heterocycles. The summed E-state index contributed by atoms with van der Waals surface area (Å²) in [6, 6.07) is 17.2. The number of rotatable bonds is 7. The average Bonchev–Trinajstić information content (AvgIpc) is 3.50. The third-order valence-electron chi connectivity index (χ3n) is 4.36. The summed E-state index contributed by atoms with van der Waals surface area (Å²) < 4.78 is 15.8. The first kappa shape index (κ1) is 20.4. The maximum atomic E-state index is 12.3. The Kier molecular flexibility index (Phi) is 6.09. The van der Waals surface area contributed by atoms with Gasteiger partial charge in [0.25, 0.3) is 5.91 Å². The van der Waals surface area contributed by atoms with Crippen LogP contribution in [0.15, 0.2) is 76.7 Å². The lowest BCUT2D eigenvalue weighted by molar-refractivity contribution is 0.0468. The first-order valence-electron chi connectivity index (χ1n) is 9.34. The lowest BCUT2D eigenvalue weighted by Crippen LogP contribution is -2.11. The standard InChI is InChI=1S/C23H18N2O5S/c1-28-19-6-3-2-5-18(19)22-25-17(14-31-22)13-30-23(27)15-8-10-16(11-9-15)24-21(26)20-7-4-12-29-20/h2-12,14H,13H2,1H3,(H,24,26). The molecule has 2 heterocycles. The monoisotopic (exact) mass is 434 g/mol. The van der Waals surface area contributed by atoms with Crippen molar-refractivity contribution in [1.82, 2.24) is 4.98 Å². The summed E-state index contributed by atoms with van der Waals surface area (Å²) in [4.78, 5) is 28.9. The van der Waals surface area contributed by atoms with Crippen molar-refractivity contribution in [3.8, 4) is 16.3 Å². The Morgan fingerprint density at radius 3 is 2.61 bits per heavy atom. The minimum absolute atomic E-state index is 0.0570. The Hall–Kier alpha value is -3.91. The number of thiazole rings is 1. The van der Waals surface area contributed by atoms with E-state index in [0.29, 0.717) is 16.9 Å². The van der Waals surface area contributed by atoms with Gasteiger partial charge in [-0.2, -0.15) is 0 Å². The number of methoxy groups -OCH3 is 1. The second kappa shape index (κ2) is 9.27. The number of nitrogens with zero attached hydrogens (tertiary/aromatic N) is 1. The van der Waals surface area contributed by atoms with Crippen LogP contribution in [0.4, 0.5) is 5.69 Å². The normalized spacial score (nSPS) is 10.5. The predicted molar refractivity (Wildman–Crippen MR) is 116 cm³/mol. The van der Waals surface area contributed by atoms with Crippen molar-refractivity contribution < 1.29 is 23.5 Å². The number of hydrogen-bond acceptors (Lipinski definition) is 7. The van der Waals surface area contributed by atoms with Gasteiger partial charge >= 0.3 is 5.97 Å². The van der Waals surface area contributed by atoms with Crippen LogP contribution < -0.4 is 10.1 Å². The second-order valence-corrected chi connectivity index (χ2v) is 7.29. The van der Waals surface area contributed by atoms with Crippen molar-refractivity contribution in [2.75, 3.05) is 12.4 Å². The molecule has 0 spiro atoms. The van der Waals surface area contributed by atoms with Gasteiger partial charge in [-0.05, 0) is 48.5 Å². The largest absolute Gasteiger partial charge is 0.496 e. The van der Waals surface area contributed by atoms with Crippen molar-refractivity contribution >= 4 is 28.9 Å². The number of benzene rings is 2. The van der Waals surface area contributed by atoms with Crippen LogP contribution >= 0.6 is 11.3 Å². The molecular weight excluding hydrogens is 416 g/mol. The zero-order valence-electron chi connectivity index (χ0n) is 16.5. The summed E-state index contributed by atoms with van der Waals surface area (Å²) in [6.07, 6.45) is 1.43. The number of ether oxygens (including phenoxy) is 2. The van der Waals surface area contributed by atoms with Gasteiger partial charge in [-0.1, -0.05) is 12.1 Å². The van der Waals surface area contributed by atoms with E-state index < -0.39 is 5.97 Å². The number of aromatic nitrogens is 1. The molecule has 2 aromatic carbocycles. The summed E-state index contributed by atoms with van der Waals surface area (Å²) in [6.45, 7) is 0.0570. The SMILES string of the molecule is COc1ccccc1-c1nc(COC(=O)c2ccc(NC(=O)c3ccco3)cc2)cs1. The lowest BCUT2D eigenvalue weighted by atomic mass is 10.2. The van der Waals surface area contributed by atoms with Crippen LogP contribution in [-0.4, -0.2) is 24.0 Å². The number of furan rings is 1. The molecule has 1 N–H and O–H groups in total. The van der Waals surface area contributed by atoms with Crippen LogP contribution in [0, 0.1) is 0 Å². The Morgan fingerprint density at radius 1 is 1.06 bits per heavy atom. The van der Waals surface area contributed by atoms with Crippen LogP contribution in [-0.2, 0) is 11.3 Å². The molecule has 4 rings (SSSR count). The molecule has 0 fully saturated rings. The smallest absolute Gasteiger partial charge is 0.338 e. The van der Waals surface area contributed by atoms with E-state index in [-0.39, 0.29) is 18.3 Å². The molecule has 0 aliphatic carbocycles. The van der Waals surface area contributed by atoms with Gasteiger partial charge in [0.2, 0.25) is 0 Å². The molecule has 31 heavy (non-hydrogen) atoms. The number of anilines is 1. The van der Waals surface area contributed by atoms with E-state index in [2.05, 4.69) is 10.3 Å². The lowest BCUT2D eigenvalue weighted by Gasteiger charge is -2.06. The minimum Gasteiger partial charge on any atom is -0.496 e. The molecule has 0 aliphatic rings. The second-order valence-electron chi connectivity index (χ2n) is 6.43. The number of carbonyl (C=O) groups is 2. The fourth-order valence-corrected chi connectivity index (χ4v) is 3.67. The minimum atomic E-state index is -0.476. The van der Waals surface area contributed by atoms with Crippen molar-refractivity contribution in [2.45, 2.75) is 6.61 Å². The molecular formula is C23H18N2O5S. The van der Waals surface area contributed by atoms with Crippen molar-refractivity contribution in [3.05, 3.63) is 89.3 Å². The fourth-order valence-electron chi connectivity index (χ4n) is 2.83. The quantitative estimate of drug-likeness (QED) is 0.411. The van der Waals surface area contributed by atoms with E-state index in [4.69, 9.17) is 13.9 Å². The molecule has 156 valence electrons. The predicted octanol–water partition coefficient (Wildman–Crippen LogP) is 5.02. The molecule has 0 saturated carbocycles. The van der Waals surface area contributed by atoms with Gasteiger partial charge in [0.15, 0.2) is 5.76 Å². The van der Waals surface area contributed by atoms with E-state index >= 15 is 0 Å².